The van der Waals surface area contributed by atoms with Crippen LogP contribution in [0.25, 0.3) is 0 Å². The van der Waals surface area contributed by atoms with Gasteiger partial charge in [0, 0.05) is 30.7 Å². The molecule has 0 spiro atoms. The van der Waals surface area contributed by atoms with Crippen LogP contribution < -0.4 is 11.1 Å². The summed E-state index contributed by atoms with van der Waals surface area (Å²) in [5, 5.41) is 2.82. The lowest BCUT2D eigenvalue weighted by molar-refractivity contribution is 0.0949. The first-order valence-corrected chi connectivity index (χ1v) is 5.68. The fourth-order valence-corrected chi connectivity index (χ4v) is 1.77. The molecule has 0 aliphatic rings. The highest BCUT2D eigenvalue weighted by Crippen LogP contribution is 2.11. The monoisotopic (exact) mass is 244 g/mol. The molecule has 1 aromatic carbocycles. The van der Waals surface area contributed by atoms with Gasteiger partial charge in [0.2, 0.25) is 0 Å². The number of benzene rings is 1. The third-order valence-electron chi connectivity index (χ3n) is 2.69. The molecule has 0 aliphatic carbocycles. The number of anilines is 1. The van der Waals surface area contributed by atoms with E-state index in [1.165, 1.54) is 0 Å². The Balaban J connectivity index is 2.06. The number of hydrogen-bond acceptors (Lipinski definition) is 3. The first-order valence-electron chi connectivity index (χ1n) is 5.68. The molecule has 1 aromatic heterocycles. The Hall–Kier alpha value is -2.30. The quantitative estimate of drug-likeness (QED) is 0.798. The van der Waals surface area contributed by atoms with Gasteiger partial charge in [-0.05, 0) is 30.7 Å². The Labute approximate surface area is 106 Å². The highest BCUT2D eigenvalue weighted by atomic mass is 16.1. The molecule has 0 unspecified atom stereocenters. The maximum Gasteiger partial charge on any atom is 0.251 e. The molecule has 2 rings (SSSR count). The minimum Gasteiger partial charge on any atom is -0.399 e. The second-order valence-corrected chi connectivity index (χ2v) is 4.27. The van der Waals surface area contributed by atoms with E-state index in [4.69, 9.17) is 5.73 Å². The van der Waals surface area contributed by atoms with E-state index < -0.39 is 0 Å². The molecule has 0 atom stereocenters. The largest absolute Gasteiger partial charge is 0.399 e. The molecule has 0 aliphatic heterocycles. The second-order valence-electron chi connectivity index (χ2n) is 4.27. The summed E-state index contributed by atoms with van der Waals surface area (Å²) in [6, 6.07) is 5.31. The van der Waals surface area contributed by atoms with E-state index >= 15 is 0 Å². The van der Waals surface area contributed by atoms with E-state index in [0.29, 0.717) is 17.8 Å². The number of nitrogens with zero attached hydrogens (tertiary/aromatic N) is 2. The molecule has 5 heteroatoms. The summed E-state index contributed by atoms with van der Waals surface area (Å²) < 4.78 is 1.87. The fraction of sp³-hybridized carbons (Fsp3) is 0.231. The summed E-state index contributed by atoms with van der Waals surface area (Å²) in [6.45, 7) is 2.31. The number of nitrogen functional groups attached to an aromatic ring is 1. The van der Waals surface area contributed by atoms with E-state index in [9.17, 15) is 4.79 Å². The highest BCUT2D eigenvalue weighted by Gasteiger charge is 2.08. The van der Waals surface area contributed by atoms with Gasteiger partial charge < -0.3 is 15.6 Å². The van der Waals surface area contributed by atoms with Gasteiger partial charge in [-0.25, -0.2) is 4.98 Å². The molecule has 1 amide bonds. The Morgan fingerprint density at radius 1 is 1.44 bits per heavy atom. The first kappa shape index (κ1) is 12.2. The summed E-state index contributed by atoms with van der Waals surface area (Å²) in [7, 11) is 1.89. The molecule has 0 saturated carbocycles. The normalized spacial score (nSPS) is 10.3. The van der Waals surface area contributed by atoms with Gasteiger partial charge in [-0.15, -0.1) is 0 Å². The van der Waals surface area contributed by atoms with Crippen molar-refractivity contribution in [2.45, 2.75) is 13.5 Å². The number of imidazole rings is 1. The SMILES string of the molecule is Cc1cc(N)cc(C(=O)NCc2nccn2C)c1. The van der Waals surface area contributed by atoms with Gasteiger partial charge in [-0.3, -0.25) is 4.79 Å². The van der Waals surface area contributed by atoms with E-state index in [1.54, 1.807) is 12.3 Å². The van der Waals surface area contributed by atoms with Crippen LogP contribution in [0, 0.1) is 6.92 Å². The standard InChI is InChI=1S/C13H16N4O/c1-9-5-10(7-11(14)6-9)13(18)16-8-12-15-3-4-17(12)2/h3-7H,8,14H2,1-2H3,(H,16,18). The summed E-state index contributed by atoms with van der Waals surface area (Å²) >= 11 is 0. The van der Waals surface area contributed by atoms with Crippen LogP contribution in [0.1, 0.15) is 21.7 Å². The zero-order valence-corrected chi connectivity index (χ0v) is 10.5. The zero-order chi connectivity index (χ0) is 13.1. The molecule has 94 valence electrons. The third-order valence-corrected chi connectivity index (χ3v) is 2.69. The summed E-state index contributed by atoms with van der Waals surface area (Å²) in [5.74, 6) is 0.664. The van der Waals surface area contributed by atoms with E-state index in [-0.39, 0.29) is 5.91 Å². The fourth-order valence-electron chi connectivity index (χ4n) is 1.77. The molecular formula is C13H16N4O. The number of carbonyl (C=O) groups excluding carboxylic acids is 1. The summed E-state index contributed by atoms with van der Waals surface area (Å²) in [4.78, 5) is 16.1. The van der Waals surface area contributed by atoms with Crippen molar-refractivity contribution in [1.82, 2.24) is 14.9 Å². The number of aromatic nitrogens is 2. The van der Waals surface area contributed by atoms with Crippen molar-refractivity contribution in [3.05, 3.63) is 47.5 Å². The van der Waals surface area contributed by atoms with E-state index in [1.807, 2.05) is 36.9 Å². The average molecular weight is 244 g/mol. The summed E-state index contributed by atoms with van der Waals surface area (Å²) in [5.41, 5.74) is 7.85. The van der Waals surface area contributed by atoms with Gasteiger partial charge in [0.1, 0.15) is 5.82 Å². The molecular weight excluding hydrogens is 228 g/mol. The number of nitrogens with one attached hydrogen (secondary N) is 1. The van der Waals surface area contributed by atoms with Crippen molar-refractivity contribution in [3.63, 3.8) is 0 Å². The van der Waals surface area contributed by atoms with Crippen LogP contribution in [-0.4, -0.2) is 15.5 Å². The van der Waals surface area contributed by atoms with Crippen LogP contribution in [0.4, 0.5) is 5.69 Å². The number of aryl methyl sites for hydroxylation is 2. The zero-order valence-electron chi connectivity index (χ0n) is 10.5. The van der Waals surface area contributed by atoms with Gasteiger partial charge in [0.05, 0.1) is 6.54 Å². The van der Waals surface area contributed by atoms with Crippen molar-refractivity contribution < 1.29 is 4.79 Å². The smallest absolute Gasteiger partial charge is 0.251 e. The molecule has 5 nitrogen and oxygen atoms in total. The highest BCUT2D eigenvalue weighted by molar-refractivity contribution is 5.95. The van der Waals surface area contributed by atoms with Crippen LogP contribution in [0.5, 0.6) is 0 Å². The van der Waals surface area contributed by atoms with Crippen LogP contribution in [0.3, 0.4) is 0 Å². The van der Waals surface area contributed by atoms with E-state index in [2.05, 4.69) is 10.3 Å². The predicted molar refractivity (Wildman–Crippen MR) is 70.0 cm³/mol. The van der Waals surface area contributed by atoms with Gasteiger partial charge in [0.15, 0.2) is 0 Å². The molecule has 18 heavy (non-hydrogen) atoms. The van der Waals surface area contributed by atoms with Crippen molar-refractivity contribution in [2.75, 3.05) is 5.73 Å². The van der Waals surface area contributed by atoms with Crippen LogP contribution in [0.2, 0.25) is 0 Å². The van der Waals surface area contributed by atoms with Crippen molar-refractivity contribution in [3.8, 4) is 0 Å². The Morgan fingerprint density at radius 2 is 2.22 bits per heavy atom. The molecule has 0 radical (unpaired) electrons. The lowest BCUT2D eigenvalue weighted by atomic mass is 10.1. The molecule has 2 aromatic rings. The Bertz CT molecular complexity index is 554. The number of carbonyl (C=O) groups is 1. The van der Waals surface area contributed by atoms with Gasteiger partial charge in [-0.1, -0.05) is 0 Å². The maximum absolute atomic E-state index is 12.0. The number of nitrogens with two attached hydrogens (primary N) is 1. The molecule has 3 N–H and O–H groups in total. The van der Waals surface area contributed by atoms with Crippen molar-refractivity contribution >= 4 is 11.6 Å². The molecule has 0 bridgehead atoms. The summed E-state index contributed by atoms with van der Waals surface area (Å²) in [6.07, 6.45) is 3.54. The van der Waals surface area contributed by atoms with Crippen LogP contribution >= 0.6 is 0 Å². The minimum absolute atomic E-state index is 0.145. The van der Waals surface area contributed by atoms with Crippen LogP contribution in [0.15, 0.2) is 30.6 Å². The van der Waals surface area contributed by atoms with Crippen LogP contribution in [-0.2, 0) is 13.6 Å². The predicted octanol–water partition coefficient (Wildman–Crippen LogP) is 1.24. The lowest BCUT2D eigenvalue weighted by Gasteiger charge is -2.07. The van der Waals surface area contributed by atoms with Crippen molar-refractivity contribution in [1.29, 1.82) is 0 Å². The van der Waals surface area contributed by atoms with Gasteiger partial charge in [0.25, 0.3) is 5.91 Å². The minimum atomic E-state index is -0.145. The number of rotatable bonds is 3. The van der Waals surface area contributed by atoms with E-state index in [0.717, 1.165) is 11.4 Å². The van der Waals surface area contributed by atoms with Gasteiger partial charge >= 0.3 is 0 Å². The maximum atomic E-state index is 12.0. The Kier molecular flexibility index (Phi) is 3.32. The average Bonchev–Trinajstić information content (AvgIpc) is 2.70. The Morgan fingerprint density at radius 3 is 2.83 bits per heavy atom. The first-order chi connectivity index (χ1) is 8.56. The molecule has 0 saturated heterocycles. The second kappa shape index (κ2) is 4.91. The third kappa shape index (κ3) is 2.68. The number of hydrogen-bond donors (Lipinski definition) is 2. The van der Waals surface area contributed by atoms with Crippen molar-refractivity contribution in [2.24, 2.45) is 7.05 Å². The molecule has 0 fully saturated rings. The number of amides is 1. The van der Waals surface area contributed by atoms with Gasteiger partial charge in [-0.2, -0.15) is 0 Å². The topological polar surface area (TPSA) is 72.9 Å². The molecule has 1 heterocycles. The lowest BCUT2D eigenvalue weighted by Crippen LogP contribution is -2.24.